The maximum Gasteiger partial charge on any atom is 0.304 e. The van der Waals surface area contributed by atoms with E-state index in [0.29, 0.717) is 19.7 Å². The Bertz CT molecular complexity index is 287. The fourth-order valence-electron chi connectivity index (χ4n) is 1.08. The van der Waals surface area contributed by atoms with E-state index in [1.165, 1.54) is 0 Å². The molecule has 0 saturated heterocycles. The molecule has 0 heterocycles. The molecule has 0 radical (unpaired) electrons. The van der Waals surface area contributed by atoms with Crippen LogP contribution in [0.3, 0.4) is 0 Å². The Morgan fingerprint density at radius 1 is 1.27 bits per heavy atom. The maximum absolute atomic E-state index is 10.2. The first-order valence-corrected chi connectivity index (χ1v) is 4.89. The number of hydrogen-bond donors (Lipinski definition) is 2. The summed E-state index contributed by atoms with van der Waals surface area (Å²) >= 11 is 0. The molecular formula is C11H15NO3. The number of para-hydroxylation sites is 1. The molecule has 0 bridgehead atoms. The van der Waals surface area contributed by atoms with Gasteiger partial charge in [-0.25, -0.2) is 0 Å². The zero-order valence-electron chi connectivity index (χ0n) is 8.48. The number of aliphatic carboxylic acids is 1. The molecule has 0 aliphatic carbocycles. The molecule has 0 saturated carbocycles. The molecule has 0 fully saturated rings. The summed E-state index contributed by atoms with van der Waals surface area (Å²) in [5.74, 6) is 0.0454. The lowest BCUT2D eigenvalue weighted by molar-refractivity contribution is -0.136. The minimum Gasteiger partial charge on any atom is -0.492 e. The van der Waals surface area contributed by atoms with Crippen LogP contribution in [0.4, 0.5) is 0 Å². The van der Waals surface area contributed by atoms with Crippen LogP contribution in [0.5, 0.6) is 5.75 Å². The third-order valence-electron chi connectivity index (χ3n) is 1.81. The van der Waals surface area contributed by atoms with Crippen LogP contribution in [-0.4, -0.2) is 30.8 Å². The van der Waals surface area contributed by atoms with E-state index >= 15 is 0 Å². The summed E-state index contributed by atoms with van der Waals surface area (Å²) < 4.78 is 5.40. The number of carbonyl (C=O) groups is 1. The molecule has 2 N–H and O–H groups in total. The molecule has 4 heteroatoms. The monoisotopic (exact) mass is 209 g/mol. The van der Waals surface area contributed by atoms with Gasteiger partial charge >= 0.3 is 5.97 Å². The summed E-state index contributed by atoms with van der Waals surface area (Å²) in [6.07, 6.45) is 0.144. The van der Waals surface area contributed by atoms with Crippen LogP contribution in [0, 0.1) is 0 Å². The van der Waals surface area contributed by atoms with Gasteiger partial charge in [0.2, 0.25) is 0 Å². The highest BCUT2D eigenvalue weighted by Gasteiger charge is 1.95. The number of ether oxygens (including phenoxy) is 1. The standard InChI is InChI=1S/C11H15NO3/c13-11(14)6-7-12-8-9-15-10-4-2-1-3-5-10/h1-5,12H,6-9H2,(H,13,14). The summed E-state index contributed by atoms with van der Waals surface area (Å²) in [5.41, 5.74) is 0. The smallest absolute Gasteiger partial charge is 0.304 e. The summed E-state index contributed by atoms with van der Waals surface area (Å²) in [7, 11) is 0. The second kappa shape index (κ2) is 6.84. The van der Waals surface area contributed by atoms with Gasteiger partial charge in [-0.1, -0.05) is 18.2 Å². The lowest BCUT2D eigenvalue weighted by Crippen LogP contribution is -2.23. The van der Waals surface area contributed by atoms with E-state index in [9.17, 15) is 4.79 Å². The first-order valence-electron chi connectivity index (χ1n) is 4.89. The van der Waals surface area contributed by atoms with Crippen LogP contribution in [0.25, 0.3) is 0 Å². The molecule has 1 aromatic carbocycles. The van der Waals surface area contributed by atoms with Crippen LogP contribution in [0.15, 0.2) is 30.3 Å². The van der Waals surface area contributed by atoms with Crippen LogP contribution in [0.2, 0.25) is 0 Å². The Kier molecular flexibility index (Phi) is 5.25. The Hall–Kier alpha value is -1.55. The summed E-state index contributed by atoms with van der Waals surface area (Å²) in [6.45, 7) is 1.68. The van der Waals surface area contributed by atoms with E-state index in [-0.39, 0.29) is 6.42 Å². The lowest BCUT2D eigenvalue weighted by Gasteiger charge is -2.06. The van der Waals surface area contributed by atoms with Gasteiger partial charge in [0, 0.05) is 13.1 Å². The van der Waals surface area contributed by atoms with Crippen LogP contribution in [0.1, 0.15) is 6.42 Å². The predicted octanol–water partition coefficient (Wildman–Crippen LogP) is 1.13. The Balaban J connectivity index is 2.00. The number of carboxylic acid groups (broad SMARTS) is 1. The van der Waals surface area contributed by atoms with E-state index < -0.39 is 5.97 Å². The fraction of sp³-hybridized carbons (Fsp3) is 0.364. The van der Waals surface area contributed by atoms with Crippen molar-refractivity contribution in [3.05, 3.63) is 30.3 Å². The van der Waals surface area contributed by atoms with Gasteiger partial charge in [-0.2, -0.15) is 0 Å². The molecule has 0 atom stereocenters. The molecule has 0 unspecified atom stereocenters. The first-order chi connectivity index (χ1) is 7.29. The van der Waals surface area contributed by atoms with E-state index in [2.05, 4.69) is 5.32 Å². The van der Waals surface area contributed by atoms with Crippen LogP contribution < -0.4 is 10.1 Å². The third-order valence-corrected chi connectivity index (χ3v) is 1.81. The first kappa shape index (κ1) is 11.5. The zero-order chi connectivity index (χ0) is 10.9. The second-order valence-corrected chi connectivity index (χ2v) is 3.06. The number of nitrogens with one attached hydrogen (secondary N) is 1. The number of hydrogen-bond acceptors (Lipinski definition) is 3. The lowest BCUT2D eigenvalue weighted by atomic mass is 10.3. The van der Waals surface area contributed by atoms with E-state index in [1.807, 2.05) is 30.3 Å². The highest BCUT2D eigenvalue weighted by molar-refractivity contribution is 5.66. The van der Waals surface area contributed by atoms with Crippen molar-refractivity contribution < 1.29 is 14.6 Å². The van der Waals surface area contributed by atoms with Gasteiger partial charge in [0.15, 0.2) is 0 Å². The number of carboxylic acids is 1. The molecular weight excluding hydrogens is 194 g/mol. The quantitative estimate of drug-likeness (QED) is 0.661. The Morgan fingerprint density at radius 2 is 2.00 bits per heavy atom. The van der Waals surface area contributed by atoms with Gasteiger partial charge in [-0.05, 0) is 12.1 Å². The predicted molar refractivity (Wildman–Crippen MR) is 57.1 cm³/mol. The van der Waals surface area contributed by atoms with Crippen molar-refractivity contribution in [1.82, 2.24) is 5.32 Å². The second-order valence-electron chi connectivity index (χ2n) is 3.06. The minimum atomic E-state index is -0.786. The van der Waals surface area contributed by atoms with Gasteiger partial charge in [0.05, 0.1) is 6.42 Å². The van der Waals surface area contributed by atoms with Crippen molar-refractivity contribution in [2.75, 3.05) is 19.7 Å². The molecule has 1 aromatic rings. The summed E-state index contributed by atoms with van der Waals surface area (Å²) in [4.78, 5) is 10.2. The van der Waals surface area contributed by atoms with Crippen LogP contribution in [-0.2, 0) is 4.79 Å². The van der Waals surface area contributed by atoms with Gasteiger partial charge in [-0.15, -0.1) is 0 Å². The van der Waals surface area contributed by atoms with Gasteiger partial charge in [0.25, 0.3) is 0 Å². The van der Waals surface area contributed by atoms with Crippen molar-refractivity contribution in [2.45, 2.75) is 6.42 Å². The average molecular weight is 209 g/mol. The largest absolute Gasteiger partial charge is 0.492 e. The summed E-state index contributed by atoms with van der Waals surface area (Å²) in [6, 6.07) is 9.52. The highest BCUT2D eigenvalue weighted by atomic mass is 16.5. The topological polar surface area (TPSA) is 58.6 Å². The molecule has 0 aliphatic heterocycles. The highest BCUT2D eigenvalue weighted by Crippen LogP contribution is 2.07. The van der Waals surface area contributed by atoms with Crippen molar-refractivity contribution in [3.63, 3.8) is 0 Å². The third kappa shape index (κ3) is 5.70. The van der Waals surface area contributed by atoms with Crippen molar-refractivity contribution >= 4 is 5.97 Å². The maximum atomic E-state index is 10.2. The van der Waals surface area contributed by atoms with Gasteiger partial charge < -0.3 is 15.2 Å². The Morgan fingerprint density at radius 3 is 2.67 bits per heavy atom. The zero-order valence-corrected chi connectivity index (χ0v) is 8.48. The minimum absolute atomic E-state index is 0.144. The molecule has 1 rings (SSSR count). The molecule has 0 aliphatic rings. The molecule has 15 heavy (non-hydrogen) atoms. The van der Waals surface area contributed by atoms with E-state index in [1.54, 1.807) is 0 Å². The average Bonchev–Trinajstić information content (AvgIpc) is 2.24. The van der Waals surface area contributed by atoms with Crippen LogP contribution >= 0.6 is 0 Å². The molecule has 0 aromatic heterocycles. The fourth-order valence-corrected chi connectivity index (χ4v) is 1.08. The Labute approximate surface area is 88.9 Å². The molecule has 0 spiro atoms. The van der Waals surface area contributed by atoms with E-state index in [4.69, 9.17) is 9.84 Å². The van der Waals surface area contributed by atoms with Crippen molar-refractivity contribution in [2.24, 2.45) is 0 Å². The SMILES string of the molecule is O=C(O)CCNCCOc1ccccc1. The van der Waals surface area contributed by atoms with E-state index in [0.717, 1.165) is 5.75 Å². The van der Waals surface area contributed by atoms with Gasteiger partial charge in [-0.3, -0.25) is 4.79 Å². The molecule has 82 valence electrons. The number of rotatable bonds is 7. The normalized spacial score (nSPS) is 9.87. The summed E-state index contributed by atoms with van der Waals surface area (Å²) in [5, 5.41) is 11.4. The number of benzene rings is 1. The van der Waals surface area contributed by atoms with Crippen molar-refractivity contribution in [1.29, 1.82) is 0 Å². The van der Waals surface area contributed by atoms with Gasteiger partial charge in [0.1, 0.15) is 12.4 Å². The molecule has 4 nitrogen and oxygen atoms in total. The van der Waals surface area contributed by atoms with Crippen molar-refractivity contribution in [3.8, 4) is 5.75 Å². The molecule has 0 amide bonds.